The van der Waals surface area contributed by atoms with Crippen molar-refractivity contribution in [2.24, 2.45) is 0 Å². The minimum Gasteiger partial charge on any atom is -0.360 e. The maximum Gasteiger partial charge on any atom is 0.158 e. The molecule has 0 amide bonds. The van der Waals surface area contributed by atoms with Gasteiger partial charge in [-0.1, -0.05) is 31.0 Å². The lowest BCUT2D eigenvalue weighted by Crippen LogP contribution is -2.10. The summed E-state index contributed by atoms with van der Waals surface area (Å²) in [6.07, 6.45) is 7.78. The van der Waals surface area contributed by atoms with Crippen molar-refractivity contribution >= 4 is 33.9 Å². The molecule has 2 aromatic rings. The van der Waals surface area contributed by atoms with Gasteiger partial charge in [-0.25, -0.2) is 0 Å². The summed E-state index contributed by atoms with van der Waals surface area (Å²) in [7, 11) is 0. The van der Waals surface area contributed by atoms with E-state index in [1.807, 2.05) is 13.1 Å². The molecule has 0 unspecified atom stereocenters. The highest BCUT2D eigenvalue weighted by Crippen LogP contribution is 2.38. The van der Waals surface area contributed by atoms with Crippen LogP contribution >= 0.6 is 11.6 Å². The summed E-state index contributed by atoms with van der Waals surface area (Å²) in [5.74, 6) is 0.294. The largest absolute Gasteiger partial charge is 0.360 e. The van der Waals surface area contributed by atoms with Crippen LogP contribution in [0.25, 0.3) is 16.5 Å². The molecular formula is C19H22ClNO. The first-order valence-corrected chi connectivity index (χ1v) is 8.53. The zero-order valence-electron chi connectivity index (χ0n) is 13.3. The van der Waals surface area contributed by atoms with Gasteiger partial charge in [0, 0.05) is 23.5 Å². The van der Waals surface area contributed by atoms with Crippen LogP contribution in [-0.2, 0) is 11.2 Å². The molecule has 1 aromatic carbocycles. The van der Waals surface area contributed by atoms with Crippen LogP contribution in [0.5, 0.6) is 0 Å². The van der Waals surface area contributed by atoms with E-state index < -0.39 is 0 Å². The van der Waals surface area contributed by atoms with Gasteiger partial charge in [0.05, 0.1) is 5.02 Å². The molecule has 0 fully saturated rings. The highest BCUT2D eigenvalue weighted by atomic mass is 35.5. The lowest BCUT2D eigenvalue weighted by Gasteiger charge is -2.20. The molecule has 0 saturated heterocycles. The number of allylic oxidation sites excluding steroid dienone is 2. The Hall–Kier alpha value is -1.54. The summed E-state index contributed by atoms with van der Waals surface area (Å²) in [5, 5.41) is 1.91. The fourth-order valence-corrected chi connectivity index (χ4v) is 3.73. The van der Waals surface area contributed by atoms with Gasteiger partial charge in [0.1, 0.15) is 0 Å². The van der Waals surface area contributed by atoms with Crippen LogP contribution < -0.4 is 0 Å². The van der Waals surface area contributed by atoms with Crippen molar-refractivity contribution < 1.29 is 4.79 Å². The molecule has 2 nitrogen and oxygen atoms in total. The molecule has 1 aliphatic carbocycles. The normalized spacial score (nSPS) is 15.9. The third-order valence-electron chi connectivity index (χ3n) is 4.71. The number of hydrogen-bond donors (Lipinski definition) is 1. The zero-order valence-corrected chi connectivity index (χ0v) is 14.0. The topological polar surface area (TPSA) is 32.9 Å². The number of halogens is 1. The van der Waals surface area contributed by atoms with Gasteiger partial charge in [0.25, 0.3) is 0 Å². The first-order valence-electron chi connectivity index (χ1n) is 8.15. The number of aromatic amines is 1. The Morgan fingerprint density at radius 2 is 2.09 bits per heavy atom. The number of ketones is 1. The van der Waals surface area contributed by atoms with E-state index in [0.717, 1.165) is 53.6 Å². The number of aromatic nitrogens is 1. The van der Waals surface area contributed by atoms with E-state index in [-0.39, 0.29) is 0 Å². The van der Waals surface area contributed by atoms with Crippen LogP contribution in [0.4, 0.5) is 0 Å². The van der Waals surface area contributed by atoms with Crippen LogP contribution in [0, 0.1) is 0 Å². The van der Waals surface area contributed by atoms with E-state index in [2.05, 4.69) is 24.0 Å². The number of rotatable bonds is 4. The predicted octanol–water partition coefficient (Wildman–Crippen LogP) is 5.69. The number of Topliss-reactive ketones (excluding diaryl/α,β-unsaturated/α-hetero) is 1. The third kappa shape index (κ3) is 2.61. The van der Waals surface area contributed by atoms with E-state index in [9.17, 15) is 4.79 Å². The summed E-state index contributed by atoms with van der Waals surface area (Å²) in [6, 6.07) is 4.25. The second kappa shape index (κ2) is 6.29. The molecule has 0 bridgehead atoms. The molecule has 1 aromatic heterocycles. The van der Waals surface area contributed by atoms with Crippen molar-refractivity contribution in [3.63, 3.8) is 0 Å². The minimum atomic E-state index is 0.294. The summed E-state index contributed by atoms with van der Waals surface area (Å²) >= 11 is 6.42. The number of H-pyrrole nitrogens is 1. The molecule has 116 valence electrons. The Bertz CT molecular complexity index is 754. The molecule has 1 aliphatic rings. The minimum absolute atomic E-state index is 0.294. The van der Waals surface area contributed by atoms with Crippen molar-refractivity contribution in [2.75, 3.05) is 0 Å². The van der Waals surface area contributed by atoms with Gasteiger partial charge in [-0.2, -0.15) is 0 Å². The maximum atomic E-state index is 12.1. The summed E-state index contributed by atoms with van der Waals surface area (Å²) < 4.78 is 0. The lowest BCUT2D eigenvalue weighted by atomic mass is 9.83. The predicted molar refractivity (Wildman–Crippen MR) is 93.4 cm³/mol. The number of benzene rings is 1. The van der Waals surface area contributed by atoms with Crippen molar-refractivity contribution in [3.05, 3.63) is 40.1 Å². The molecule has 1 heterocycles. The monoisotopic (exact) mass is 315 g/mol. The second-order valence-electron chi connectivity index (χ2n) is 6.13. The number of carbonyl (C=O) groups is 1. The van der Waals surface area contributed by atoms with Crippen LogP contribution in [-0.4, -0.2) is 10.8 Å². The first-order chi connectivity index (χ1) is 10.6. The Morgan fingerprint density at radius 1 is 1.27 bits per heavy atom. The Balaban J connectivity index is 2.22. The Kier molecular flexibility index (Phi) is 4.39. The van der Waals surface area contributed by atoms with Crippen molar-refractivity contribution in [2.45, 2.75) is 52.4 Å². The van der Waals surface area contributed by atoms with Gasteiger partial charge >= 0.3 is 0 Å². The smallest absolute Gasteiger partial charge is 0.158 e. The quantitative estimate of drug-likeness (QED) is 0.772. The van der Waals surface area contributed by atoms with E-state index in [4.69, 9.17) is 11.6 Å². The molecule has 0 aliphatic heterocycles. The third-order valence-corrected chi connectivity index (χ3v) is 5.01. The van der Waals surface area contributed by atoms with E-state index in [1.165, 1.54) is 16.7 Å². The molecule has 3 rings (SSSR count). The number of fused-ring (bicyclic) bond motifs is 1. The fraction of sp³-hybridized carbons (Fsp3) is 0.421. The van der Waals surface area contributed by atoms with Crippen LogP contribution in [0.1, 0.15) is 57.1 Å². The highest BCUT2D eigenvalue weighted by molar-refractivity contribution is 6.36. The lowest BCUT2D eigenvalue weighted by molar-refractivity contribution is -0.115. The van der Waals surface area contributed by atoms with Crippen molar-refractivity contribution in [1.82, 2.24) is 4.98 Å². The average Bonchev–Trinajstić information content (AvgIpc) is 2.89. The molecule has 22 heavy (non-hydrogen) atoms. The summed E-state index contributed by atoms with van der Waals surface area (Å²) in [6.45, 7) is 4.18. The average molecular weight is 316 g/mol. The number of unbranched alkanes of at least 4 members (excludes halogenated alkanes) is 1. The van der Waals surface area contributed by atoms with Gasteiger partial charge in [-0.05, 0) is 60.9 Å². The van der Waals surface area contributed by atoms with Crippen LogP contribution in [0.2, 0.25) is 5.02 Å². The van der Waals surface area contributed by atoms with E-state index >= 15 is 0 Å². The second-order valence-corrected chi connectivity index (χ2v) is 6.54. The molecule has 0 spiro atoms. The van der Waals surface area contributed by atoms with Gasteiger partial charge < -0.3 is 4.98 Å². The first kappa shape index (κ1) is 15.4. The zero-order chi connectivity index (χ0) is 15.7. The SMILES string of the molecule is CCCCc1c(C2=C(C)C(=O)CCC2)ccc2[nH]cc(Cl)c12. The maximum absolute atomic E-state index is 12.1. The Labute approximate surface area is 136 Å². The van der Waals surface area contributed by atoms with Gasteiger partial charge in [-0.15, -0.1) is 0 Å². The molecule has 0 atom stereocenters. The molecule has 0 radical (unpaired) electrons. The standard InChI is InChI=1S/C19H22ClNO/c1-3-4-6-15-14(13-7-5-8-18(22)12(13)2)9-10-17-19(15)16(20)11-21-17/h9-11,21H,3-8H2,1-2H3. The summed E-state index contributed by atoms with van der Waals surface area (Å²) in [4.78, 5) is 15.3. The van der Waals surface area contributed by atoms with Crippen molar-refractivity contribution in [3.8, 4) is 0 Å². The molecule has 0 saturated carbocycles. The van der Waals surface area contributed by atoms with Crippen LogP contribution in [0.3, 0.4) is 0 Å². The van der Waals surface area contributed by atoms with Gasteiger partial charge in [0.2, 0.25) is 0 Å². The Morgan fingerprint density at radius 3 is 2.86 bits per heavy atom. The molecule has 1 N–H and O–H groups in total. The number of hydrogen-bond acceptors (Lipinski definition) is 1. The number of nitrogens with one attached hydrogen (secondary N) is 1. The van der Waals surface area contributed by atoms with Gasteiger partial charge in [0.15, 0.2) is 5.78 Å². The van der Waals surface area contributed by atoms with E-state index in [1.54, 1.807) is 0 Å². The van der Waals surface area contributed by atoms with Crippen LogP contribution in [0.15, 0.2) is 23.9 Å². The summed E-state index contributed by atoms with van der Waals surface area (Å²) in [5.41, 5.74) is 5.78. The van der Waals surface area contributed by atoms with Gasteiger partial charge in [-0.3, -0.25) is 4.79 Å². The number of aryl methyl sites for hydroxylation is 1. The number of carbonyl (C=O) groups excluding carboxylic acids is 1. The van der Waals surface area contributed by atoms with Crippen molar-refractivity contribution in [1.29, 1.82) is 0 Å². The fourth-order valence-electron chi connectivity index (χ4n) is 3.46. The van der Waals surface area contributed by atoms with E-state index in [0.29, 0.717) is 12.2 Å². The highest BCUT2D eigenvalue weighted by Gasteiger charge is 2.21. The molecule has 3 heteroatoms. The molecular weight excluding hydrogens is 294 g/mol.